The fourth-order valence-electron chi connectivity index (χ4n) is 8.22. The highest BCUT2D eigenvalue weighted by Gasteiger charge is 2.41. The summed E-state index contributed by atoms with van der Waals surface area (Å²) in [6.45, 7) is 8.49. The number of fused-ring (bicyclic) bond motifs is 2. The van der Waals surface area contributed by atoms with Crippen LogP contribution in [0.25, 0.3) is 0 Å². The summed E-state index contributed by atoms with van der Waals surface area (Å²) in [4.78, 5) is 4.42. The lowest BCUT2D eigenvalue weighted by Gasteiger charge is -2.41. The highest BCUT2D eigenvalue weighted by atomic mass is 32.2. The molecule has 0 spiro atoms. The van der Waals surface area contributed by atoms with E-state index in [4.69, 9.17) is 4.74 Å². The minimum Gasteiger partial charge on any atom is -0.485 e. The highest BCUT2D eigenvalue weighted by Crippen LogP contribution is 2.51. The Labute approximate surface area is 318 Å². The third kappa shape index (κ3) is 6.40. The molecule has 8 rings (SSSR count). The summed E-state index contributed by atoms with van der Waals surface area (Å²) in [6.07, 6.45) is 5.94. The van der Waals surface area contributed by atoms with E-state index in [0.717, 1.165) is 62.0 Å². The van der Waals surface area contributed by atoms with Crippen molar-refractivity contribution in [2.24, 2.45) is 5.92 Å². The standard InChI is InChI=1S/C47H42N2O4S/c1-31-15-13-16-32(2)46(31)48(35-19-7-5-8-20-35)37-25-27-39-42(29-37)53-43-30-38(26-28-40(43)45(39)41-23-11-12-24-44(41)54(50,51)52)49(36-21-9-6-10-22-36)47-33(3)17-14-18-34(47)4/h5-30,39,42,45H,1-4H3,(H,50,51,52). The first kappa shape index (κ1) is 35.2. The maximum absolute atomic E-state index is 12.9. The van der Waals surface area contributed by atoms with Gasteiger partial charge in [-0.3, -0.25) is 4.55 Å². The van der Waals surface area contributed by atoms with Crippen LogP contribution in [0.4, 0.5) is 28.4 Å². The molecule has 0 radical (unpaired) electrons. The Balaban J connectivity index is 1.32. The average molecular weight is 731 g/mol. The summed E-state index contributed by atoms with van der Waals surface area (Å²) in [6, 6.07) is 46.2. The zero-order chi connectivity index (χ0) is 37.6. The van der Waals surface area contributed by atoms with E-state index in [1.165, 1.54) is 6.07 Å². The second-order valence-electron chi connectivity index (χ2n) is 14.1. The van der Waals surface area contributed by atoms with Crippen molar-refractivity contribution in [1.29, 1.82) is 0 Å². The van der Waals surface area contributed by atoms with E-state index in [2.05, 4.69) is 135 Å². The molecule has 3 unspecified atom stereocenters. The van der Waals surface area contributed by atoms with Crippen LogP contribution in [0.15, 0.2) is 168 Å². The first-order chi connectivity index (χ1) is 26.1. The van der Waals surface area contributed by atoms with Gasteiger partial charge in [-0.2, -0.15) is 8.42 Å². The smallest absolute Gasteiger partial charge is 0.294 e. The normalized spacial score (nSPS) is 17.5. The van der Waals surface area contributed by atoms with Gasteiger partial charge in [0.05, 0.1) is 16.3 Å². The Hall–Kier alpha value is -5.89. The molecule has 6 nitrogen and oxygen atoms in total. The quantitative estimate of drug-likeness (QED) is 0.157. The van der Waals surface area contributed by atoms with E-state index in [9.17, 15) is 13.0 Å². The number of allylic oxidation sites excluding steroid dienone is 1. The topological polar surface area (TPSA) is 70.1 Å². The van der Waals surface area contributed by atoms with Gasteiger partial charge in [-0.05, 0) is 104 Å². The number of rotatable bonds is 8. The molecule has 7 heteroatoms. The number of para-hydroxylation sites is 4. The molecule has 1 aliphatic heterocycles. The number of hydrogen-bond donors (Lipinski definition) is 1. The maximum Gasteiger partial charge on any atom is 0.294 e. The van der Waals surface area contributed by atoms with Gasteiger partial charge >= 0.3 is 0 Å². The van der Waals surface area contributed by atoms with Crippen molar-refractivity contribution in [2.45, 2.75) is 44.6 Å². The molecule has 0 aromatic heterocycles. The first-order valence-corrected chi connectivity index (χ1v) is 19.6. The van der Waals surface area contributed by atoms with Crippen molar-refractivity contribution in [3.63, 3.8) is 0 Å². The fraction of sp³-hybridized carbons (Fsp3) is 0.149. The SMILES string of the molecule is Cc1cccc(C)c1N(C1=CC2Oc3cc(N(c4ccccc4)c4c(C)cccc4C)ccc3C(c3ccccc3S(=O)(=O)O)C2C=C1)c1ccccc1. The van der Waals surface area contributed by atoms with Gasteiger partial charge in [-0.15, -0.1) is 0 Å². The molecule has 0 amide bonds. The minimum atomic E-state index is -4.53. The second-order valence-corrected chi connectivity index (χ2v) is 15.5. The van der Waals surface area contributed by atoms with E-state index >= 15 is 0 Å². The molecule has 3 atom stereocenters. The zero-order valence-corrected chi connectivity index (χ0v) is 31.5. The van der Waals surface area contributed by atoms with E-state index in [1.54, 1.807) is 12.1 Å². The number of anilines is 5. The highest BCUT2D eigenvalue weighted by molar-refractivity contribution is 7.85. The monoisotopic (exact) mass is 730 g/mol. The van der Waals surface area contributed by atoms with E-state index in [1.807, 2.05) is 42.5 Å². The fourth-order valence-corrected chi connectivity index (χ4v) is 8.97. The van der Waals surface area contributed by atoms with Crippen LogP contribution in [0.5, 0.6) is 5.75 Å². The third-order valence-electron chi connectivity index (χ3n) is 10.6. The third-order valence-corrected chi connectivity index (χ3v) is 11.5. The molecule has 0 saturated heterocycles. The lowest BCUT2D eigenvalue weighted by atomic mass is 9.74. The van der Waals surface area contributed by atoms with Crippen LogP contribution in [-0.2, 0) is 10.1 Å². The molecule has 2 aliphatic rings. The van der Waals surface area contributed by atoms with Gasteiger partial charge in [0.15, 0.2) is 0 Å². The molecular weight excluding hydrogens is 689 g/mol. The lowest BCUT2D eigenvalue weighted by Crippen LogP contribution is -2.37. The number of hydrogen-bond acceptors (Lipinski definition) is 5. The number of ether oxygens (including phenoxy) is 1. The van der Waals surface area contributed by atoms with Crippen LogP contribution in [0.3, 0.4) is 0 Å². The van der Waals surface area contributed by atoms with E-state index in [-0.39, 0.29) is 10.8 Å². The molecule has 0 saturated carbocycles. The van der Waals surface area contributed by atoms with Crippen molar-refractivity contribution in [3.8, 4) is 5.75 Å². The first-order valence-electron chi connectivity index (χ1n) is 18.2. The van der Waals surface area contributed by atoms with Gasteiger partial charge in [0.2, 0.25) is 0 Å². The van der Waals surface area contributed by atoms with E-state index < -0.39 is 22.1 Å². The minimum absolute atomic E-state index is 0.100. The Morgan fingerprint density at radius 3 is 1.70 bits per heavy atom. The summed E-state index contributed by atoms with van der Waals surface area (Å²) in [5.74, 6) is -0.0505. The Morgan fingerprint density at radius 1 is 0.574 bits per heavy atom. The summed E-state index contributed by atoms with van der Waals surface area (Å²) < 4.78 is 43.3. The average Bonchev–Trinajstić information content (AvgIpc) is 3.17. The van der Waals surface area contributed by atoms with Crippen molar-refractivity contribution in [2.75, 3.05) is 9.80 Å². The molecule has 0 fully saturated rings. The van der Waals surface area contributed by atoms with Crippen LogP contribution in [0.2, 0.25) is 0 Å². The molecule has 54 heavy (non-hydrogen) atoms. The van der Waals surface area contributed by atoms with Gasteiger partial charge in [0, 0.05) is 46.2 Å². The molecule has 1 aliphatic carbocycles. The Morgan fingerprint density at radius 2 is 1.11 bits per heavy atom. The Kier molecular flexibility index (Phi) is 9.22. The van der Waals surface area contributed by atoms with Crippen molar-refractivity contribution < 1.29 is 17.7 Å². The molecule has 6 aromatic carbocycles. The maximum atomic E-state index is 12.9. The van der Waals surface area contributed by atoms with Crippen LogP contribution in [0, 0.1) is 33.6 Å². The van der Waals surface area contributed by atoms with Gasteiger partial charge in [-0.1, -0.05) is 103 Å². The largest absolute Gasteiger partial charge is 0.485 e. The van der Waals surface area contributed by atoms with Gasteiger partial charge < -0.3 is 14.5 Å². The van der Waals surface area contributed by atoms with Crippen molar-refractivity contribution in [3.05, 3.63) is 197 Å². The second kappa shape index (κ2) is 14.2. The Bertz CT molecular complexity index is 2490. The predicted octanol–water partition coefficient (Wildman–Crippen LogP) is 11.4. The van der Waals surface area contributed by atoms with E-state index in [0.29, 0.717) is 11.3 Å². The van der Waals surface area contributed by atoms with Crippen LogP contribution in [-0.4, -0.2) is 19.1 Å². The number of aryl methyl sites for hydroxylation is 4. The number of nitrogens with zero attached hydrogens (tertiary/aromatic N) is 2. The molecule has 6 aromatic rings. The lowest BCUT2D eigenvalue weighted by molar-refractivity contribution is 0.164. The van der Waals surface area contributed by atoms with Crippen molar-refractivity contribution >= 4 is 38.6 Å². The molecule has 1 N–H and O–H groups in total. The van der Waals surface area contributed by atoms with Gasteiger partial charge in [-0.25, -0.2) is 0 Å². The summed E-state index contributed by atoms with van der Waals surface area (Å²) >= 11 is 0. The summed E-state index contributed by atoms with van der Waals surface area (Å²) in [5, 5.41) is 0. The number of benzene rings is 6. The molecule has 270 valence electrons. The zero-order valence-electron chi connectivity index (χ0n) is 30.7. The molecular formula is C47H42N2O4S. The van der Waals surface area contributed by atoms with Crippen molar-refractivity contribution in [1.82, 2.24) is 0 Å². The van der Waals surface area contributed by atoms with Gasteiger partial charge in [0.1, 0.15) is 11.9 Å². The van der Waals surface area contributed by atoms with Crippen LogP contribution < -0.4 is 14.5 Å². The molecule has 1 heterocycles. The van der Waals surface area contributed by atoms with Gasteiger partial charge in [0.25, 0.3) is 10.1 Å². The van der Waals surface area contributed by atoms with Crippen LogP contribution in [0.1, 0.15) is 39.3 Å². The summed E-state index contributed by atoms with van der Waals surface area (Å²) in [7, 11) is -4.53. The molecule has 0 bridgehead atoms. The predicted molar refractivity (Wildman–Crippen MR) is 218 cm³/mol. The van der Waals surface area contributed by atoms with Crippen LogP contribution >= 0.6 is 0 Å². The summed E-state index contributed by atoms with van der Waals surface area (Å²) in [5.41, 5.74) is 12.0.